The molecular weight excluding hydrogens is 394 g/mol. The van der Waals surface area contributed by atoms with Gasteiger partial charge in [-0.05, 0) is 70.2 Å². The van der Waals surface area contributed by atoms with Gasteiger partial charge in [-0.25, -0.2) is 4.79 Å². The number of benzene rings is 1. The van der Waals surface area contributed by atoms with Gasteiger partial charge in [-0.1, -0.05) is 11.6 Å². The van der Waals surface area contributed by atoms with Gasteiger partial charge < -0.3 is 25.5 Å². The molecule has 1 aromatic carbocycles. The summed E-state index contributed by atoms with van der Waals surface area (Å²) in [5.41, 5.74) is 0.647. The fourth-order valence-corrected chi connectivity index (χ4v) is 3.87. The molecule has 1 aromatic heterocycles. The largest absolute Gasteiger partial charge is 0.444 e. The minimum Gasteiger partial charge on any atom is -0.444 e. The number of ether oxygens (including phenoxy) is 1. The minimum absolute atomic E-state index is 0.0515. The quantitative estimate of drug-likeness (QED) is 0.605. The standard InChI is InChI=1S/C21H28ClN3O4/c1-21(2,3)29-20(28)25-17-8-12(11-26)4-6-16(17)24-19(27)18-10-13-9-14(22)5-7-15(13)23-18/h5,7,9-10,12,16-17,23,26H,4,6,8,11H2,1-3H3,(H,24,27)(H,25,28)/t12?,16-,17-/m1/s1. The van der Waals surface area contributed by atoms with E-state index in [0.29, 0.717) is 23.6 Å². The van der Waals surface area contributed by atoms with Crippen molar-refractivity contribution in [3.63, 3.8) is 0 Å². The normalized spacial score (nSPS) is 22.3. The first kappa shape index (κ1) is 21.5. The Hall–Kier alpha value is -2.25. The van der Waals surface area contributed by atoms with Crippen LogP contribution in [-0.4, -0.2) is 46.4 Å². The Balaban J connectivity index is 1.71. The van der Waals surface area contributed by atoms with Crippen molar-refractivity contribution in [1.29, 1.82) is 0 Å². The summed E-state index contributed by atoms with van der Waals surface area (Å²) in [6, 6.07) is 6.56. The van der Waals surface area contributed by atoms with Crippen molar-refractivity contribution < 1.29 is 19.4 Å². The molecule has 0 saturated heterocycles. The second kappa shape index (κ2) is 8.63. The summed E-state index contributed by atoms with van der Waals surface area (Å²) in [7, 11) is 0. The number of alkyl carbamates (subject to hydrolysis) is 1. The molecule has 29 heavy (non-hydrogen) atoms. The molecule has 3 atom stereocenters. The van der Waals surface area contributed by atoms with E-state index in [-0.39, 0.29) is 30.5 Å². The highest BCUT2D eigenvalue weighted by molar-refractivity contribution is 6.31. The van der Waals surface area contributed by atoms with Crippen LogP contribution in [0.25, 0.3) is 10.9 Å². The molecule has 1 saturated carbocycles. The van der Waals surface area contributed by atoms with Gasteiger partial charge in [0.05, 0.1) is 6.04 Å². The van der Waals surface area contributed by atoms with Gasteiger partial charge >= 0.3 is 6.09 Å². The number of hydrogen-bond donors (Lipinski definition) is 4. The van der Waals surface area contributed by atoms with Crippen LogP contribution in [0.4, 0.5) is 4.79 Å². The maximum Gasteiger partial charge on any atom is 0.407 e. The van der Waals surface area contributed by atoms with Crippen LogP contribution in [0.5, 0.6) is 0 Å². The average Bonchev–Trinajstić information content (AvgIpc) is 3.04. The van der Waals surface area contributed by atoms with E-state index in [1.807, 2.05) is 6.07 Å². The Morgan fingerprint density at radius 1 is 1.21 bits per heavy atom. The lowest BCUT2D eigenvalue weighted by Gasteiger charge is -2.36. The monoisotopic (exact) mass is 421 g/mol. The van der Waals surface area contributed by atoms with E-state index in [2.05, 4.69) is 15.6 Å². The van der Waals surface area contributed by atoms with Crippen molar-refractivity contribution in [2.45, 2.75) is 57.7 Å². The van der Waals surface area contributed by atoms with E-state index < -0.39 is 11.7 Å². The third-order valence-electron chi connectivity index (χ3n) is 5.06. The molecule has 1 unspecified atom stereocenters. The van der Waals surface area contributed by atoms with Crippen LogP contribution >= 0.6 is 11.6 Å². The van der Waals surface area contributed by atoms with E-state index in [9.17, 15) is 14.7 Å². The molecule has 1 heterocycles. The number of fused-ring (bicyclic) bond motifs is 1. The van der Waals surface area contributed by atoms with Gasteiger partial charge in [0.25, 0.3) is 5.91 Å². The zero-order chi connectivity index (χ0) is 21.2. The number of aliphatic hydroxyl groups is 1. The molecule has 8 heteroatoms. The van der Waals surface area contributed by atoms with Gasteiger partial charge in [0.15, 0.2) is 0 Å². The zero-order valence-corrected chi connectivity index (χ0v) is 17.7. The van der Waals surface area contributed by atoms with E-state index in [0.717, 1.165) is 17.3 Å². The Kier molecular flexibility index (Phi) is 6.39. The number of aromatic nitrogens is 1. The number of carbonyl (C=O) groups is 2. The number of carbonyl (C=O) groups excluding carboxylic acids is 2. The summed E-state index contributed by atoms with van der Waals surface area (Å²) in [6.07, 6.45) is 1.48. The number of H-pyrrole nitrogens is 1. The van der Waals surface area contributed by atoms with Gasteiger partial charge in [-0.15, -0.1) is 0 Å². The third-order valence-corrected chi connectivity index (χ3v) is 5.30. The Morgan fingerprint density at radius 3 is 2.66 bits per heavy atom. The van der Waals surface area contributed by atoms with Crippen molar-refractivity contribution in [2.75, 3.05) is 6.61 Å². The first-order chi connectivity index (χ1) is 13.6. The van der Waals surface area contributed by atoms with Crippen molar-refractivity contribution in [1.82, 2.24) is 15.6 Å². The number of nitrogens with one attached hydrogen (secondary N) is 3. The lowest BCUT2D eigenvalue weighted by atomic mass is 9.82. The van der Waals surface area contributed by atoms with Crippen LogP contribution < -0.4 is 10.6 Å². The lowest BCUT2D eigenvalue weighted by molar-refractivity contribution is 0.0447. The zero-order valence-electron chi connectivity index (χ0n) is 16.9. The molecule has 3 rings (SSSR count). The van der Waals surface area contributed by atoms with Crippen LogP contribution in [-0.2, 0) is 4.74 Å². The number of halogens is 1. The molecule has 2 aromatic rings. The van der Waals surface area contributed by atoms with Crippen molar-refractivity contribution in [3.05, 3.63) is 35.0 Å². The predicted molar refractivity (Wildman–Crippen MR) is 112 cm³/mol. The maximum absolute atomic E-state index is 12.8. The number of rotatable bonds is 4. The smallest absolute Gasteiger partial charge is 0.407 e. The third kappa shape index (κ3) is 5.64. The lowest BCUT2D eigenvalue weighted by Crippen LogP contribution is -2.55. The van der Waals surface area contributed by atoms with Crippen molar-refractivity contribution in [3.8, 4) is 0 Å². The molecule has 1 aliphatic rings. The topological polar surface area (TPSA) is 103 Å². The van der Waals surface area contributed by atoms with E-state index in [4.69, 9.17) is 16.3 Å². The number of aliphatic hydroxyl groups excluding tert-OH is 1. The fraction of sp³-hybridized carbons (Fsp3) is 0.524. The number of hydrogen-bond acceptors (Lipinski definition) is 4. The molecule has 4 N–H and O–H groups in total. The average molecular weight is 422 g/mol. The fourth-order valence-electron chi connectivity index (χ4n) is 3.69. The molecule has 0 spiro atoms. The molecular formula is C21H28ClN3O4. The van der Waals surface area contributed by atoms with Crippen LogP contribution in [0.2, 0.25) is 5.02 Å². The highest BCUT2D eigenvalue weighted by Crippen LogP contribution is 2.26. The first-order valence-corrected chi connectivity index (χ1v) is 10.2. The second-order valence-corrected chi connectivity index (χ2v) is 9.05. The minimum atomic E-state index is -0.612. The molecule has 158 valence electrons. The number of aromatic amines is 1. The predicted octanol–water partition coefficient (Wildman–Crippen LogP) is 3.61. The van der Waals surface area contributed by atoms with Crippen LogP contribution in [0.3, 0.4) is 0 Å². The van der Waals surface area contributed by atoms with Crippen molar-refractivity contribution >= 4 is 34.5 Å². The summed E-state index contributed by atoms with van der Waals surface area (Å²) >= 11 is 6.02. The van der Waals surface area contributed by atoms with E-state index in [1.165, 1.54) is 0 Å². The van der Waals surface area contributed by atoms with Gasteiger partial charge in [0.2, 0.25) is 0 Å². The summed E-state index contributed by atoms with van der Waals surface area (Å²) in [5.74, 6) is -0.168. The van der Waals surface area contributed by atoms with Crippen LogP contribution in [0, 0.1) is 5.92 Å². The van der Waals surface area contributed by atoms with E-state index in [1.54, 1.807) is 39.0 Å². The summed E-state index contributed by atoms with van der Waals surface area (Å²) in [5, 5.41) is 16.9. The molecule has 7 nitrogen and oxygen atoms in total. The van der Waals surface area contributed by atoms with Crippen molar-refractivity contribution in [2.24, 2.45) is 5.92 Å². The van der Waals surface area contributed by atoms with Gasteiger partial charge in [0, 0.05) is 28.6 Å². The van der Waals surface area contributed by atoms with Gasteiger partial charge in [-0.3, -0.25) is 4.79 Å². The molecule has 0 bridgehead atoms. The molecule has 1 fully saturated rings. The maximum atomic E-state index is 12.8. The van der Waals surface area contributed by atoms with Crippen LogP contribution in [0.15, 0.2) is 24.3 Å². The molecule has 1 aliphatic carbocycles. The molecule has 0 radical (unpaired) electrons. The molecule has 2 amide bonds. The highest BCUT2D eigenvalue weighted by Gasteiger charge is 2.33. The highest BCUT2D eigenvalue weighted by atomic mass is 35.5. The summed E-state index contributed by atoms with van der Waals surface area (Å²) in [4.78, 5) is 28.2. The first-order valence-electron chi connectivity index (χ1n) is 9.84. The summed E-state index contributed by atoms with van der Waals surface area (Å²) in [6.45, 7) is 5.44. The second-order valence-electron chi connectivity index (χ2n) is 8.61. The van der Waals surface area contributed by atoms with E-state index >= 15 is 0 Å². The SMILES string of the molecule is CC(C)(C)OC(=O)N[C@@H]1CC(CO)CC[C@H]1NC(=O)c1cc2cc(Cl)ccc2[nH]1. The Labute approximate surface area is 175 Å². The van der Waals surface area contributed by atoms with Gasteiger partial charge in [-0.2, -0.15) is 0 Å². The Morgan fingerprint density at radius 2 is 1.97 bits per heavy atom. The summed E-state index contributed by atoms with van der Waals surface area (Å²) < 4.78 is 5.35. The van der Waals surface area contributed by atoms with Gasteiger partial charge in [0.1, 0.15) is 11.3 Å². The Bertz CT molecular complexity index is 890. The molecule has 0 aliphatic heterocycles. The number of amides is 2. The van der Waals surface area contributed by atoms with Crippen LogP contribution in [0.1, 0.15) is 50.5 Å².